The predicted molar refractivity (Wildman–Crippen MR) is 185 cm³/mol. The maximum atomic E-state index is 14.5. The Morgan fingerprint density at radius 1 is 0.564 bits per heavy atom. The molecule has 0 atom stereocenters. The summed E-state index contributed by atoms with van der Waals surface area (Å²) in [6.07, 6.45) is -9.13. The van der Waals surface area contributed by atoms with E-state index in [-0.39, 0.29) is 73.5 Å². The summed E-state index contributed by atoms with van der Waals surface area (Å²) >= 11 is 0. The zero-order valence-electron chi connectivity index (χ0n) is 28.1. The van der Waals surface area contributed by atoms with E-state index in [4.69, 9.17) is 4.99 Å². The smallest absolute Gasteiger partial charge is 0.247 e. The van der Waals surface area contributed by atoms with E-state index in [2.05, 4.69) is 0 Å². The van der Waals surface area contributed by atoms with Crippen molar-refractivity contribution in [3.8, 4) is 46.5 Å². The second-order valence-electron chi connectivity index (χ2n) is 12.9. The number of allylic oxidation sites excluding steroid dienone is 7. The number of halogens is 8. The second-order valence-corrected chi connectivity index (χ2v) is 12.9. The number of nitriles is 4. The molecule has 0 fully saturated rings. The Hall–Kier alpha value is -7.09. The van der Waals surface area contributed by atoms with Crippen molar-refractivity contribution in [2.75, 3.05) is 0 Å². The van der Waals surface area contributed by atoms with Gasteiger partial charge < -0.3 is 0 Å². The van der Waals surface area contributed by atoms with Crippen LogP contribution in [-0.4, -0.2) is 5.71 Å². The van der Waals surface area contributed by atoms with Gasteiger partial charge in [0.25, 0.3) is 0 Å². The van der Waals surface area contributed by atoms with Gasteiger partial charge in [-0.2, -0.15) is 47.4 Å². The molecule has 268 valence electrons. The molecule has 0 amide bonds. The van der Waals surface area contributed by atoms with E-state index in [0.717, 1.165) is 24.3 Å². The third kappa shape index (κ3) is 6.16. The van der Waals surface area contributed by atoms with Crippen molar-refractivity contribution >= 4 is 22.4 Å². The van der Waals surface area contributed by atoms with Crippen molar-refractivity contribution in [3.05, 3.63) is 146 Å². The Balaban J connectivity index is 1.46. The zero-order chi connectivity index (χ0) is 39.6. The fraction of sp³-hybridized carbons (Fsp3) is 0.119. The van der Waals surface area contributed by atoms with Crippen molar-refractivity contribution in [2.24, 2.45) is 4.99 Å². The standard InChI is InChI=1S/C42H19F8N5/c1-20-2-5-32-31-6-3-21(23-8-27(41(45,46)47)14-29(43)10-23)12-34(31)38(26(18-53)19-54)40(32)55-39-33-7-4-22(13-35(33)37(36(20)39)25(16-51)17-52)24-9-28(42(48,49)50)15-30(44)11-24/h3-4,6-15H,2,5H2,1H3. The molecule has 0 radical (unpaired) electrons. The van der Waals surface area contributed by atoms with Crippen molar-refractivity contribution in [3.63, 3.8) is 0 Å². The Morgan fingerprint density at radius 2 is 1.04 bits per heavy atom. The van der Waals surface area contributed by atoms with Crippen LogP contribution in [-0.2, 0) is 12.4 Å². The molecule has 0 aromatic heterocycles. The lowest BCUT2D eigenvalue weighted by Gasteiger charge is -2.16. The van der Waals surface area contributed by atoms with Gasteiger partial charge in [0, 0.05) is 22.3 Å². The second kappa shape index (κ2) is 13.1. The normalized spacial score (nSPS) is 14.7. The average Bonchev–Trinajstić information content (AvgIpc) is 3.60. The van der Waals surface area contributed by atoms with Crippen molar-refractivity contribution < 1.29 is 35.1 Å². The van der Waals surface area contributed by atoms with Gasteiger partial charge >= 0.3 is 12.4 Å². The minimum atomic E-state index is -4.85. The maximum absolute atomic E-state index is 14.5. The summed E-state index contributed by atoms with van der Waals surface area (Å²) in [5.41, 5.74) is 0.584. The monoisotopic (exact) mass is 745 g/mol. The van der Waals surface area contributed by atoms with Gasteiger partial charge in [-0.15, -0.1) is 0 Å². The van der Waals surface area contributed by atoms with Crippen molar-refractivity contribution in [2.45, 2.75) is 32.1 Å². The van der Waals surface area contributed by atoms with Gasteiger partial charge in [-0.3, -0.25) is 0 Å². The first-order valence-corrected chi connectivity index (χ1v) is 16.3. The maximum Gasteiger partial charge on any atom is 0.416 e. The van der Waals surface area contributed by atoms with E-state index >= 15 is 0 Å². The number of rotatable bonds is 2. The Morgan fingerprint density at radius 3 is 1.53 bits per heavy atom. The molecule has 55 heavy (non-hydrogen) atoms. The number of fused-ring (bicyclic) bond motifs is 5. The summed E-state index contributed by atoms with van der Waals surface area (Å²) in [7, 11) is 0. The highest BCUT2D eigenvalue weighted by molar-refractivity contribution is 6.31. The van der Waals surface area contributed by atoms with Gasteiger partial charge in [0.05, 0.1) is 22.5 Å². The highest BCUT2D eigenvalue weighted by atomic mass is 19.4. The van der Waals surface area contributed by atoms with Crippen LogP contribution in [0.15, 0.2) is 106 Å². The first-order valence-electron chi connectivity index (χ1n) is 16.3. The Bertz CT molecular complexity index is 2720. The molecular weight excluding hydrogens is 726 g/mol. The summed E-state index contributed by atoms with van der Waals surface area (Å²) < 4.78 is 111. The van der Waals surface area contributed by atoms with Crippen molar-refractivity contribution in [1.82, 2.24) is 0 Å². The van der Waals surface area contributed by atoms with Crippen LogP contribution in [0, 0.1) is 57.0 Å². The molecule has 0 saturated heterocycles. The van der Waals surface area contributed by atoms with Crippen LogP contribution >= 0.6 is 0 Å². The van der Waals surface area contributed by atoms with Gasteiger partial charge in [-0.05, 0) is 113 Å². The van der Waals surface area contributed by atoms with E-state index < -0.39 is 35.1 Å². The van der Waals surface area contributed by atoms with E-state index in [0.29, 0.717) is 46.4 Å². The molecule has 0 bridgehead atoms. The molecule has 2 aliphatic carbocycles. The van der Waals surface area contributed by atoms with Crippen LogP contribution in [0.4, 0.5) is 35.1 Å². The SMILES string of the molecule is CC1=C2C(=NC3=C(CC1)c1ccc(-c4cc(F)cc(C(F)(F)F)c4)cc1C3=C(C#N)C#N)c1ccc(-c3cc(F)cc(C(F)(F)F)c3)cc1C2=C(C#N)C#N. The fourth-order valence-corrected chi connectivity index (χ4v) is 7.21. The molecule has 7 rings (SSSR count). The van der Waals surface area contributed by atoms with E-state index in [1.54, 1.807) is 13.0 Å². The molecule has 0 spiro atoms. The molecule has 4 aromatic rings. The number of aliphatic imine (C=N–C) groups is 1. The largest absolute Gasteiger partial charge is 0.416 e. The van der Waals surface area contributed by atoms with Gasteiger partial charge in [0.1, 0.15) is 47.1 Å². The average molecular weight is 746 g/mol. The lowest BCUT2D eigenvalue weighted by molar-refractivity contribution is -0.138. The van der Waals surface area contributed by atoms with Crippen LogP contribution in [0.2, 0.25) is 0 Å². The number of hydrogen-bond acceptors (Lipinski definition) is 5. The van der Waals surface area contributed by atoms with Gasteiger partial charge in [0.2, 0.25) is 0 Å². The molecule has 0 N–H and O–H groups in total. The number of nitrogens with zero attached hydrogens (tertiary/aromatic N) is 5. The van der Waals surface area contributed by atoms with Gasteiger partial charge in [0.15, 0.2) is 0 Å². The lowest BCUT2D eigenvalue weighted by Crippen LogP contribution is -2.06. The molecule has 13 heteroatoms. The topological polar surface area (TPSA) is 108 Å². The highest BCUT2D eigenvalue weighted by Gasteiger charge is 2.38. The summed E-state index contributed by atoms with van der Waals surface area (Å²) in [5.74, 6) is -2.26. The molecule has 4 aromatic carbocycles. The van der Waals surface area contributed by atoms with Gasteiger partial charge in [-0.1, -0.05) is 29.8 Å². The predicted octanol–water partition coefficient (Wildman–Crippen LogP) is 11.3. The number of alkyl halides is 6. The molecule has 5 nitrogen and oxygen atoms in total. The van der Waals surface area contributed by atoms with Crippen LogP contribution in [0.5, 0.6) is 0 Å². The van der Waals surface area contributed by atoms with Crippen LogP contribution in [0.25, 0.3) is 39.0 Å². The van der Waals surface area contributed by atoms with Crippen LogP contribution in [0.1, 0.15) is 53.1 Å². The van der Waals surface area contributed by atoms with Crippen molar-refractivity contribution in [1.29, 1.82) is 21.0 Å². The molecule has 1 aliphatic heterocycles. The first kappa shape index (κ1) is 36.3. The minimum Gasteiger partial charge on any atom is -0.247 e. The summed E-state index contributed by atoms with van der Waals surface area (Å²) in [4.78, 5) is 5.00. The molecular formula is C42H19F8N5. The summed E-state index contributed by atoms with van der Waals surface area (Å²) in [5, 5.41) is 40.4. The van der Waals surface area contributed by atoms with Gasteiger partial charge in [-0.25, -0.2) is 13.8 Å². The first-order chi connectivity index (χ1) is 26.1. The number of hydrogen-bond donors (Lipinski definition) is 0. The Labute approximate surface area is 307 Å². The molecule has 0 saturated carbocycles. The lowest BCUT2D eigenvalue weighted by atomic mass is 9.90. The zero-order valence-corrected chi connectivity index (χ0v) is 28.1. The highest BCUT2D eigenvalue weighted by Crippen LogP contribution is 2.52. The van der Waals surface area contributed by atoms with E-state index in [1.807, 2.05) is 24.3 Å². The third-order valence-corrected chi connectivity index (χ3v) is 9.63. The summed E-state index contributed by atoms with van der Waals surface area (Å²) in [6, 6.07) is 20.6. The third-order valence-electron chi connectivity index (χ3n) is 9.63. The number of benzene rings is 4. The quantitative estimate of drug-likeness (QED) is 0.150. The van der Waals surface area contributed by atoms with E-state index in [1.165, 1.54) is 30.3 Å². The van der Waals surface area contributed by atoms with E-state index in [9.17, 15) is 56.2 Å². The molecule has 0 unspecified atom stereocenters. The fourth-order valence-electron chi connectivity index (χ4n) is 7.21. The molecule has 3 aliphatic rings. The van der Waals surface area contributed by atoms with Crippen LogP contribution in [0.3, 0.4) is 0 Å². The summed E-state index contributed by atoms with van der Waals surface area (Å²) in [6.45, 7) is 1.76. The van der Waals surface area contributed by atoms with Crippen LogP contribution < -0.4 is 0 Å². The Kier molecular flexibility index (Phi) is 8.63. The minimum absolute atomic E-state index is 0.0616. The molecule has 1 heterocycles.